The molecule has 9 nitrogen and oxygen atoms in total. The number of carbonyl (C=O) groups is 1. The number of amides is 1. The van der Waals surface area contributed by atoms with Crippen LogP contribution in [0.5, 0.6) is 0 Å². The lowest BCUT2D eigenvalue weighted by atomic mass is 10.0. The molecule has 3 rings (SSSR count). The van der Waals surface area contributed by atoms with Crippen LogP contribution in [0.15, 0.2) is 47.4 Å². The van der Waals surface area contributed by atoms with E-state index in [-0.39, 0.29) is 24.2 Å². The smallest absolute Gasteiger partial charge is 0.351 e. The van der Waals surface area contributed by atoms with Crippen molar-refractivity contribution in [2.45, 2.75) is 25.4 Å². The average molecular weight is 403 g/mol. The van der Waals surface area contributed by atoms with E-state index in [1.54, 1.807) is 31.4 Å². The largest absolute Gasteiger partial charge is 0.394 e. The van der Waals surface area contributed by atoms with Crippen molar-refractivity contribution in [1.29, 1.82) is 0 Å². The number of methoxy groups -OCH3 is 1. The van der Waals surface area contributed by atoms with Crippen LogP contribution in [-0.4, -0.2) is 59.7 Å². The number of anilines is 1. The Balaban J connectivity index is 1.77. The molecule has 1 amide bonds. The molecule has 2 N–H and O–H groups in total. The van der Waals surface area contributed by atoms with E-state index in [2.05, 4.69) is 10.3 Å². The first-order valence-electron chi connectivity index (χ1n) is 9.37. The molecule has 2 aromatic rings. The fourth-order valence-electron chi connectivity index (χ4n) is 3.24. The van der Waals surface area contributed by atoms with Gasteiger partial charge in [-0.05, 0) is 18.2 Å². The van der Waals surface area contributed by atoms with Crippen LogP contribution in [0.25, 0.3) is 0 Å². The van der Waals surface area contributed by atoms with Gasteiger partial charge in [0.2, 0.25) is 0 Å². The van der Waals surface area contributed by atoms with E-state index in [9.17, 15) is 14.7 Å². The van der Waals surface area contributed by atoms with Crippen molar-refractivity contribution in [2.24, 2.45) is 5.92 Å². The van der Waals surface area contributed by atoms with Gasteiger partial charge in [0.15, 0.2) is 6.23 Å². The highest BCUT2D eigenvalue weighted by Crippen LogP contribution is 2.35. The zero-order valence-corrected chi connectivity index (χ0v) is 16.4. The van der Waals surface area contributed by atoms with Gasteiger partial charge in [-0.2, -0.15) is 4.98 Å². The van der Waals surface area contributed by atoms with E-state index in [4.69, 9.17) is 14.2 Å². The molecule has 1 aliphatic rings. The standard InChI is InChI=1S/C20H25N3O6/c1-13-15(12-24)29-19(17(13)28-11-10-27-2)23-9-8-16(22-20(23)26)21-18(25)14-6-4-3-5-7-14/h3-9,13,15,17,19,24H,10-12H2,1-2H3,(H,21,22,25,26)/t13-,15-,17-,19-/m1/s1. The summed E-state index contributed by atoms with van der Waals surface area (Å²) in [7, 11) is 1.57. The Labute approximate surface area is 168 Å². The summed E-state index contributed by atoms with van der Waals surface area (Å²) in [4.78, 5) is 28.8. The van der Waals surface area contributed by atoms with Gasteiger partial charge in [0.1, 0.15) is 11.9 Å². The first kappa shape index (κ1) is 21.1. The summed E-state index contributed by atoms with van der Waals surface area (Å²) in [5.41, 5.74) is -0.129. The molecular weight excluding hydrogens is 378 g/mol. The van der Waals surface area contributed by atoms with Crippen molar-refractivity contribution in [3.8, 4) is 0 Å². The third-order valence-corrected chi connectivity index (χ3v) is 4.86. The van der Waals surface area contributed by atoms with E-state index < -0.39 is 24.1 Å². The molecule has 1 aromatic carbocycles. The average Bonchev–Trinajstić information content (AvgIpc) is 3.04. The molecule has 0 aliphatic carbocycles. The highest BCUT2D eigenvalue weighted by Gasteiger charge is 2.43. The zero-order chi connectivity index (χ0) is 20.8. The number of benzene rings is 1. The monoisotopic (exact) mass is 403 g/mol. The molecule has 1 aromatic heterocycles. The normalized spacial score (nSPS) is 23.8. The summed E-state index contributed by atoms with van der Waals surface area (Å²) in [6, 6.07) is 10.2. The minimum atomic E-state index is -0.738. The Hall–Kier alpha value is -2.59. The number of ether oxygens (including phenoxy) is 3. The number of nitrogens with zero attached hydrogens (tertiary/aromatic N) is 2. The van der Waals surface area contributed by atoms with Crippen LogP contribution in [-0.2, 0) is 14.2 Å². The number of hydrogen-bond acceptors (Lipinski definition) is 7. The van der Waals surface area contributed by atoms with Crippen LogP contribution in [0.4, 0.5) is 5.82 Å². The fraction of sp³-hybridized carbons (Fsp3) is 0.450. The van der Waals surface area contributed by atoms with E-state index in [1.807, 2.05) is 13.0 Å². The van der Waals surface area contributed by atoms with Crippen molar-refractivity contribution in [3.05, 3.63) is 58.6 Å². The number of aromatic nitrogens is 2. The third-order valence-electron chi connectivity index (χ3n) is 4.86. The lowest BCUT2D eigenvalue weighted by Gasteiger charge is -2.23. The fourth-order valence-corrected chi connectivity index (χ4v) is 3.24. The summed E-state index contributed by atoms with van der Waals surface area (Å²) in [6.07, 6.45) is -0.152. The minimum absolute atomic E-state index is 0.133. The zero-order valence-electron chi connectivity index (χ0n) is 16.4. The van der Waals surface area contributed by atoms with Crippen LogP contribution in [0, 0.1) is 5.92 Å². The number of carbonyl (C=O) groups excluding carboxylic acids is 1. The van der Waals surface area contributed by atoms with Crippen molar-refractivity contribution >= 4 is 11.7 Å². The Kier molecular flexibility index (Phi) is 7.10. The second-order valence-electron chi connectivity index (χ2n) is 6.76. The lowest BCUT2D eigenvalue weighted by molar-refractivity contribution is -0.0793. The SMILES string of the molecule is COCCO[C@@H]1[C@H](C)[C@@H](CO)O[C@H]1n1ccc(NC(=O)c2ccccc2)nc1=O. The molecule has 9 heteroatoms. The lowest BCUT2D eigenvalue weighted by Crippen LogP contribution is -2.35. The number of rotatable bonds is 8. The van der Waals surface area contributed by atoms with Crippen molar-refractivity contribution in [3.63, 3.8) is 0 Å². The van der Waals surface area contributed by atoms with Crippen LogP contribution in [0.1, 0.15) is 23.5 Å². The molecule has 0 bridgehead atoms. The van der Waals surface area contributed by atoms with E-state index in [0.717, 1.165) is 0 Å². The summed E-state index contributed by atoms with van der Waals surface area (Å²) < 4.78 is 18.0. The molecular formula is C20H25N3O6. The highest BCUT2D eigenvalue weighted by molar-refractivity contribution is 6.03. The molecule has 156 valence electrons. The molecule has 0 spiro atoms. The van der Waals surface area contributed by atoms with Crippen LogP contribution < -0.4 is 11.0 Å². The predicted molar refractivity (Wildman–Crippen MR) is 105 cm³/mol. The Morgan fingerprint density at radius 3 is 2.69 bits per heavy atom. The summed E-state index contributed by atoms with van der Waals surface area (Å²) in [5.74, 6) is -0.352. The third kappa shape index (κ3) is 4.88. The molecule has 0 unspecified atom stereocenters. The Bertz CT molecular complexity index is 872. The molecule has 1 saturated heterocycles. The minimum Gasteiger partial charge on any atom is -0.394 e. The quantitative estimate of drug-likeness (QED) is 0.634. The number of aliphatic hydroxyl groups is 1. The second-order valence-corrected chi connectivity index (χ2v) is 6.76. The van der Waals surface area contributed by atoms with E-state index in [1.165, 1.54) is 16.8 Å². The molecule has 1 aliphatic heterocycles. The Morgan fingerprint density at radius 1 is 1.28 bits per heavy atom. The molecule has 29 heavy (non-hydrogen) atoms. The van der Waals surface area contributed by atoms with E-state index >= 15 is 0 Å². The van der Waals surface area contributed by atoms with E-state index in [0.29, 0.717) is 18.8 Å². The molecule has 0 radical (unpaired) electrons. The summed E-state index contributed by atoms with van der Waals surface area (Å²) in [6.45, 7) is 2.44. The maximum Gasteiger partial charge on any atom is 0.351 e. The van der Waals surface area contributed by atoms with Gasteiger partial charge in [-0.1, -0.05) is 25.1 Å². The summed E-state index contributed by atoms with van der Waals surface area (Å²) in [5, 5.41) is 12.2. The molecule has 0 saturated carbocycles. The van der Waals surface area contributed by atoms with Crippen LogP contribution >= 0.6 is 0 Å². The Morgan fingerprint density at radius 2 is 2.03 bits per heavy atom. The van der Waals surface area contributed by atoms with Crippen molar-refractivity contribution < 1.29 is 24.1 Å². The first-order chi connectivity index (χ1) is 14.0. The predicted octanol–water partition coefficient (Wildman–Crippen LogP) is 1.05. The highest BCUT2D eigenvalue weighted by atomic mass is 16.6. The second kappa shape index (κ2) is 9.75. The maximum absolute atomic E-state index is 12.6. The van der Waals surface area contributed by atoms with Crippen LogP contribution in [0.2, 0.25) is 0 Å². The topological polar surface area (TPSA) is 112 Å². The van der Waals surface area contributed by atoms with Gasteiger partial charge < -0.3 is 24.6 Å². The molecule has 4 atom stereocenters. The molecule has 1 fully saturated rings. The summed E-state index contributed by atoms with van der Waals surface area (Å²) >= 11 is 0. The number of hydrogen-bond donors (Lipinski definition) is 2. The van der Waals surface area contributed by atoms with Gasteiger partial charge >= 0.3 is 5.69 Å². The van der Waals surface area contributed by atoms with Gasteiger partial charge in [0.25, 0.3) is 5.91 Å². The maximum atomic E-state index is 12.6. The first-order valence-corrected chi connectivity index (χ1v) is 9.37. The van der Waals surface area contributed by atoms with Gasteiger partial charge in [-0.25, -0.2) is 4.79 Å². The number of aliphatic hydroxyl groups excluding tert-OH is 1. The molecule has 2 heterocycles. The van der Waals surface area contributed by atoms with Gasteiger partial charge in [-0.3, -0.25) is 9.36 Å². The van der Waals surface area contributed by atoms with Gasteiger partial charge in [0.05, 0.1) is 25.9 Å². The van der Waals surface area contributed by atoms with Crippen molar-refractivity contribution in [2.75, 3.05) is 32.2 Å². The van der Waals surface area contributed by atoms with Gasteiger partial charge in [-0.15, -0.1) is 0 Å². The number of nitrogens with one attached hydrogen (secondary N) is 1. The van der Waals surface area contributed by atoms with Crippen LogP contribution in [0.3, 0.4) is 0 Å². The van der Waals surface area contributed by atoms with Gasteiger partial charge in [0, 0.05) is 24.8 Å². The van der Waals surface area contributed by atoms with Crippen molar-refractivity contribution in [1.82, 2.24) is 9.55 Å².